The Kier molecular flexibility index (Phi) is 4.19. The van der Waals surface area contributed by atoms with Crippen LogP contribution >= 0.6 is 12.4 Å². The molecule has 88 valence electrons. The number of rotatable bonds is 2. The summed E-state index contributed by atoms with van der Waals surface area (Å²) < 4.78 is 0. The first-order valence-corrected chi connectivity index (χ1v) is 5.31. The Morgan fingerprint density at radius 2 is 1.88 bits per heavy atom. The summed E-state index contributed by atoms with van der Waals surface area (Å²) in [6, 6.07) is 7.38. The maximum absolute atomic E-state index is 11.7. The van der Waals surface area contributed by atoms with E-state index in [0.717, 1.165) is 18.8 Å². The molecule has 0 saturated heterocycles. The van der Waals surface area contributed by atoms with Crippen molar-refractivity contribution in [3.05, 3.63) is 29.8 Å². The van der Waals surface area contributed by atoms with Crippen LogP contribution in [0.1, 0.15) is 30.1 Å². The lowest BCUT2D eigenvalue weighted by atomic mass is 9.82. The maximum atomic E-state index is 11.7. The second-order valence-corrected chi connectivity index (χ2v) is 4.37. The van der Waals surface area contributed by atoms with Gasteiger partial charge in [0.05, 0.1) is 0 Å². The van der Waals surface area contributed by atoms with Gasteiger partial charge in [-0.05, 0) is 43.0 Å². The highest BCUT2D eigenvalue weighted by Crippen LogP contribution is 2.26. The van der Waals surface area contributed by atoms with Gasteiger partial charge < -0.3 is 11.1 Å². The van der Waals surface area contributed by atoms with Crippen molar-refractivity contribution in [1.82, 2.24) is 5.32 Å². The van der Waals surface area contributed by atoms with Crippen LogP contribution in [0.5, 0.6) is 0 Å². The third-order valence-electron chi connectivity index (χ3n) is 2.88. The third kappa shape index (κ3) is 2.89. The first-order valence-electron chi connectivity index (χ1n) is 5.31. The number of halogens is 1. The van der Waals surface area contributed by atoms with Gasteiger partial charge in [0.1, 0.15) is 0 Å². The summed E-state index contributed by atoms with van der Waals surface area (Å²) in [6.45, 7) is 2.20. The van der Waals surface area contributed by atoms with E-state index in [1.54, 1.807) is 24.3 Å². The van der Waals surface area contributed by atoms with Crippen molar-refractivity contribution in [2.75, 3.05) is 5.73 Å². The summed E-state index contributed by atoms with van der Waals surface area (Å²) in [4.78, 5) is 11.7. The minimum Gasteiger partial charge on any atom is -0.399 e. The van der Waals surface area contributed by atoms with Crippen LogP contribution in [0.2, 0.25) is 0 Å². The quantitative estimate of drug-likeness (QED) is 0.779. The molecule has 0 aromatic heterocycles. The molecule has 1 aromatic rings. The van der Waals surface area contributed by atoms with E-state index in [4.69, 9.17) is 5.73 Å². The summed E-state index contributed by atoms with van der Waals surface area (Å²) in [5.41, 5.74) is 6.92. The van der Waals surface area contributed by atoms with Crippen molar-refractivity contribution in [3.63, 3.8) is 0 Å². The number of carbonyl (C=O) groups is 1. The van der Waals surface area contributed by atoms with Crippen LogP contribution < -0.4 is 11.1 Å². The number of nitrogens with one attached hydrogen (secondary N) is 1. The van der Waals surface area contributed by atoms with Gasteiger partial charge in [-0.3, -0.25) is 4.79 Å². The number of hydrogen-bond acceptors (Lipinski definition) is 2. The molecule has 1 aliphatic rings. The SMILES string of the molecule is CC1CC(NC(=O)c2ccc(N)cc2)C1.Cl. The molecule has 3 nitrogen and oxygen atoms in total. The molecule has 1 aromatic carbocycles. The lowest BCUT2D eigenvalue weighted by molar-refractivity contribution is 0.0896. The first-order chi connectivity index (χ1) is 7.15. The summed E-state index contributed by atoms with van der Waals surface area (Å²) in [6.07, 6.45) is 2.20. The van der Waals surface area contributed by atoms with Gasteiger partial charge in [0.15, 0.2) is 0 Å². The molecule has 1 aliphatic carbocycles. The van der Waals surface area contributed by atoms with Gasteiger partial charge in [-0.2, -0.15) is 0 Å². The monoisotopic (exact) mass is 240 g/mol. The van der Waals surface area contributed by atoms with Crippen molar-refractivity contribution in [2.45, 2.75) is 25.8 Å². The van der Waals surface area contributed by atoms with E-state index in [1.165, 1.54) is 0 Å². The molecule has 0 unspecified atom stereocenters. The molecule has 3 N–H and O–H groups in total. The van der Waals surface area contributed by atoms with Crippen molar-refractivity contribution < 1.29 is 4.79 Å². The lowest BCUT2D eigenvalue weighted by Crippen LogP contribution is -2.43. The zero-order chi connectivity index (χ0) is 10.8. The lowest BCUT2D eigenvalue weighted by Gasteiger charge is -2.33. The van der Waals surface area contributed by atoms with Crippen molar-refractivity contribution in [3.8, 4) is 0 Å². The van der Waals surface area contributed by atoms with E-state index in [0.29, 0.717) is 17.3 Å². The summed E-state index contributed by atoms with van der Waals surface area (Å²) in [7, 11) is 0. The normalized spacial score (nSPS) is 22.8. The van der Waals surface area contributed by atoms with Gasteiger partial charge in [-0.25, -0.2) is 0 Å². The van der Waals surface area contributed by atoms with E-state index in [2.05, 4.69) is 12.2 Å². The largest absolute Gasteiger partial charge is 0.399 e. The molecular formula is C12H17ClN2O. The van der Waals surface area contributed by atoms with E-state index in [-0.39, 0.29) is 18.3 Å². The molecule has 0 spiro atoms. The summed E-state index contributed by atoms with van der Waals surface area (Å²) >= 11 is 0. The zero-order valence-electron chi connectivity index (χ0n) is 9.27. The van der Waals surface area contributed by atoms with Gasteiger partial charge in [0, 0.05) is 17.3 Å². The highest BCUT2D eigenvalue weighted by Gasteiger charge is 2.26. The zero-order valence-corrected chi connectivity index (χ0v) is 10.1. The number of hydrogen-bond donors (Lipinski definition) is 2. The van der Waals surface area contributed by atoms with E-state index >= 15 is 0 Å². The average molecular weight is 241 g/mol. The van der Waals surface area contributed by atoms with Gasteiger partial charge in [0.2, 0.25) is 0 Å². The molecule has 0 bridgehead atoms. The van der Waals surface area contributed by atoms with Crippen molar-refractivity contribution in [1.29, 1.82) is 0 Å². The number of amides is 1. The fourth-order valence-corrected chi connectivity index (χ4v) is 1.92. The molecular weight excluding hydrogens is 224 g/mol. The molecule has 0 aliphatic heterocycles. The molecule has 1 fully saturated rings. The Morgan fingerprint density at radius 1 is 1.31 bits per heavy atom. The molecule has 4 heteroatoms. The predicted molar refractivity (Wildman–Crippen MR) is 67.8 cm³/mol. The number of benzene rings is 1. The highest BCUT2D eigenvalue weighted by atomic mass is 35.5. The van der Waals surface area contributed by atoms with Gasteiger partial charge >= 0.3 is 0 Å². The Morgan fingerprint density at radius 3 is 2.38 bits per heavy atom. The Labute approximate surface area is 102 Å². The molecule has 2 rings (SSSR count). The number of anilines is 1. The number of nitrogen functional groups attached to an aromatic ring is 1. The van der Waals surface area contributed by atoms with Crippen molar-refractivity contribution >= 4 is 24.0 Å². The second kappa shape index (κ2) is 5.21. The average Bonchev–Trinajstić information content (AvgIpc) is 2.16. The maximum Gasteiger partial charge on any atom is 0.251 e. The smallest absolute Gasteiger partial charge is 0.251 e. The Hall–Kier alpha value is -1.22. The molecule has 1 amide bonds. The summed E-state index contributed by atoms with van der Waals surface area (Å²) in [5.74, 6) is 0.758. The summed E-state index contributed by atoms with van der Waals surface area (Å²) in [5, 5.41) is 3.00. The molecule has 1 saturated carbocycles. The van der Waals surface area contributed by atoms with Gasteiger partial charge in [-0.15, -0.1) is 12.4 Å². The molecule has 0 radical (unpaired) electrons. The first kappa shape index (κ1) is 12.8. The van der Waals surface area contributed by atoms with Crippen LogP contribution in [0.25, 0.3) is 0 Å². The van der Waals surface area contributed by atoms with E-state index < -0.39 is 0 Å². The van der Waals surface area contributed by atoms with Crippen LogP contribution in [0, 0.1) is 5.92 Å². The molecule has 16 heavy (non-hydrogen) atoms. The van der Waals surface area contributed by atoms with Crippen LogP contribution in [0.4, 0.5) is 5.69 Å². The van der Waals surface area contributed by atoms with Crippen LogP contribution in [0.15, 0.2) is 24.3 Å². The third-order valence-corrected chi connectivity index (χ3v) is 2.88. The minimum atomic E-state index is 0. The second-order valence-electron chi connectivity index (χ2n) is 4.37. The van der Waals surface area contributed by atoms with Gasteiger partial charge in [-0.1, -0.05) is 6.92 Å². The van der Waals surface area contributed by atoms with Crippen LogP contribution in [0.3, 0.4) is 0 Å². The number of nitrogens with two attached hydrogens (primary N) is 1. The number of carbonyl (C=O) groups excluding carboxylic acids is 1. The van der Waals surface area contributed by atoms with Crippen LogP contribution in [-0.4, -0.2) is 11.9 Å². The fraction of sp³-hybridized carbons (Fsp3) is 0.417. The Balaban J connectivity index is 0.00000128. The fourth-order valence-electron chi connectivity index (χ4n) is 1.92. The predicted octanol–water partition coefficient (Wildman–Crippen LogP) is 2.22. The van der Waals surface area contributed by atoms with Crippen molar-refractivity contribution in [2.24, 2.45) is 5.92 Å². The molecule has 0 atom stereocenters. The minimum absolute atomic E-state index is 0. The molecule has 0 heterocycles. The van der Waals surface area contributed by atoms with E-state index in [9.17, 15) is 4.79 Å². The Bertz CT molecular complexity index is 358. The van der Waals surface area contributed by atoms with E-state index in [1.807, 2.05) is 0 Å². The topological polar surface area (TPSA) is 55.1 Å². The standard InChI is InChI=1S/C12H16N2O.ClH/c1-8-6-11(7-8)14-12(15)9-2-4-10(13)5-3-9;/h2-5,8,11H,6-7,13H2,1H3,(H,14,15);1H. The van der Waals surface area contributed by atoms with Gasteiger partial charge in [0.25, 0.3) is 5.91 Å². The highest BCUT2D eigenvalue weighted by molar-refractivity contribution is 5.94. The van der Waals surface area contributed by atoms with Crippen LogP contribution in [-0.2, 0) is 0 Å².